The van der Waals surface area contributed by atoms with Gasteiger partial charge in [-0.25, -0.2) is 13.4 Å². The van der Waals surface area contributed by atoms with E-state index in [2.05, 4.69) is 20.0 Å². The van der Waals surface area contributed by atoms with E-state index in [0.29, 0.717) is 5.13 Å². The Morgan fingerprint density at radius 3 is 2.56 bits per heavy atom. The van der Waals surface area contributed by atoms with E-state index < -0.39 is 22.0 Å². The molecule has 5 rings (SSSR count). The number of aromatic amines is 1. The molecule has 2 aromatic heterocycles. The van der Waals surface area contributed by atoms with E-state index in [9.17, 15) is 13.2 Å². The van der Waals surface area contributed by atoms with Crippen LogP contribution in [0.1, 0.15) is 11.1 Å². The van der Waals surface area contributed by atoms with Gasteiger partial charge >= 0.3 is 0 Å². The Morgan fingerprint density at radius 1 is 1.03 bits per heavy atom. The third-order valence-corrected chi connectivity index (χ3v) is 8.01. The van der Waals surface area contributed by atoms with Crippen LogP contribution in [-0.2, 0) is 21.2 Å². The van der Waals surface area contributed by atoms with Crippen LogP contribution in [0, 0.1) is 6.92 Å². The Kier molecular flexibility index (Phi) is 5.91. The molecule has 2 heterocycles. The summed E-state index contributed by atoms with van der Waals surface area (Å²) in [6, 6.07) is 20.8. The second-order valence-corrected chi connectivity index (χ2v) is 10.8. The minimum absolute atomic E-state index is 0.106. The lowest BCUT2D eigenvalue weighted by molar-refractivity contribution is -0.117. The maximum Gasteiger partial charge on any atom is 0.244 e. The van der Waals surface area contributed by atoms with Gasteiger partial charge in [0.25, 0.3) is 0 Å². The molecule has 0 saturated heterocycles. The van der Waals surface area contributed by atoms with Crippen LogP contribution < -0.4 is 10.0 Å². The van der Waals surface area contributed by atoms with E-state index in [1.54, 1.807) is 12.1 Å². The Balaban J connectivity index is 1.46. The summed E-state index contributed by atoms with van der Waals surface area (Å²) in [6.07, 6.45) is 1.98. The molecule has 0 bridgehead atoms. The molecule has 0 aliphatic heterocycles. The average Bonchev–Trinajstić information content (AvgIpc) is 3.42. The summed E-state index contributed by atoms with van der Waals surface area (Å²) >= 11 is 1.34. The number of nitrogens with zero attached hydrogens (tertiary/aromatic N) is 1. The summed E-state index contributed by atoms with van der Waals surface area (Å²) in [6.45, 7) is 1.88. The Morgan fingerprint density at radius 2 is 1.76 bits per heavy atom. The fourth-order valence-corrected chi connectivity index (χ4v) is 5.86. The molecule has 0 saturated carbocycles. The molecule has 0 aliphatic rings. The molecule has 3 aromatic carbocycles. The number of carbonyl (C=O) groups excluding carboxylic acids is 1. The van der Waals surface area contributed by atoms with Crippen molar-refractivity contribution in [3.8, 4) is 0 Å². The number of nitrogens with one attached hydrogen (secondary N) is 3. The van der Waals surface area contributed by atoms with Crippen LogP contribution in [0.2, 0.25) is 0 Å². The highest BCUT2D eigenvalue weighted by atomic mass is 32.2. The zero-order valence-electron chi connectivity index (χ0n) is 18.3. The molecular weight excluding hydrogens is 468 g/mol. The molecular formula is C25H22N4O3S2. The quantitative estimate of drug-likeness (QED) is 0.310. The largest absolute Gasteiger partial charge is 0.361 e. The summed E-state index contributed by atoms with van der Waals surface area (Å²) in [5.74, 6) is -0.472. The number of hydrogen-bond acceptors (Lipinski definition) is 5. The molecule has 0 spiro atoms. The van der Waals surface area contributed by atoms with Crippen molar-refractivity contribution in [1.82, 2.24) is 14.7 Å². The molecule has 34 heavy (non-hydrogen) atoms. The number of amides is 1. The zero-order chi connectivity index (χ0) is 23.7. The first-order valence-electron chi connectivity index (χ1n) is 10.7. The molecule has 9 heteroatoms. The minimum Gasteiger partial charge on any atom is -0.361 e. The predicted molar refractivity (Wildman–Crippen MR) is 136 cm³/mol. The first kappa shape index (κ1) is 22.3. The van der Waals surface area contributed by atoms with Crippen molar-refractivity contribution in [1.29, 1.82) is 0 Å². The molecule has 0 aliphatic carbocycles. The van der Waals surface area contributed by atoms with E-state index in [1.165, 1.54) is 23.5 Å². The fraction of sp³-hybridized carbons (Fsp3) is 0.120. The topological polar surface area (TPSA) is 104 Å². The summed E-state index contributed by atoms with van der Waals surface area (Å²) in [4.78, 5) is 21.1. The number of aryl methyl sites for hydroxylation is 1. The number of benzene rings is 3. The highest BCUT2D eigenvalue weighted by Crippen LogP contribution is 2.26. The molecule has 172 valence electrons. The summed E-state index contributed by atoms with van der Waals surface area (Å²) in [5.41, 5.74) is 3.48. The minimum atomic E-state index is -3.93. The molecule has 5 aromatic rings. The average molecular weight is 491 g/mol. The van der Waals surface area contributed by atoms with Crippen molar-refractivity contribution in [2.75, 3.05) is 5.32 Å². The third kappa shape index (κ3) is 4.58. The highest BCUT2D eigenvalue weighted by molar-refractivity contribution is 7.89. The maximum atomic E-state index is 13.3. The summed E-state index contributed by atoms with van der Waals surface area (Å²) in [5, 5.41) is 4.17. The van der Waals surface area contributed by atoms with Gasteiger partial charge in [0.1, 0.15) is 6.04 Å². The Bertz CT molecular complexity index is 1550. The van der Waals surface area contributed by atoms with Gasteiger partial charge in [0, 0.05) is 17.1 Å². The molecule has 1 atom stereocenters. The van der Waals surface area contributed by atoms with Gasteiger partial charge in [0.2, 0.25) is 15.9 Å². The van der Waals surface area contributed by atoms with Gasteiger partial charge in [-0.05, 0) is 49.2 Å². The highest BCUT2D eigenvalue weighted by Gasteiger charge is 2.27. The predicted octanol–water partition coefficient (Wildman–Crippen LogP) is 4.61. The smallest absolute Gasteiger partial charge is 0.244 e. The number of fused-ring (bicyclic) bond motifs is 2. The van der Waals surface area contributed by atoms with Crippen LogP contribution >= 0.6 is 11.3 Å². The fourth-order valence-electron chi connectivity index (χ4n) is 3.80. The SMILES string of the molecule is Cc1ccc(S(=O)(=O)NC(Cc2c[nH]c3ccccc23)C(=O)Nc2nc3ccccc3s2)cc1. The Labute approximate surface area is 200 Å². The maximum absolute atomic E-state index is 13.3. The number of sulfonamides is 1. The number of carbonyl (C=O) groups is 1. The lowest BCUT2D eigenvalue weighted by Gasteiger charge is -2.18. The molecule has 7 nitrogen and oxygen atoms in total. The number of H-pyrrole nitrogens is 1. The van der Waals surface area contributed by atoms with E-state index in [1.807, 2.05) is 61.7 Å². The summed E-state index contributed by atoms with van der Waals surface area (Å²) in [7, 11) is -3.93. The molecule has 3 N–H and O–H groups in total. The molecule has 0 radical (unpaired) electrons. The number of hydrogen-bond donors (Lipinski definition) is 3. The van der Waals surface area contributed by atoms with Gasteiger partial charge in [-0.2, -0.15) is 4.72 Å². The number of aromatic nitrogens is 2. The van der Waals surface area contributed by atoms with E-state index >= 15 is 0 Å². The lowest BCUT2D eigenvalue weighted by atomic mass is 10.1. The van der Waals surface area contributed by atoms with Crippen molar-refractivity contribution >= 4 is 53.5 Å². The summed E-state index contributed by atoms with van der Waals surface area (Å²) < 4.78 is 29.8. The zero-order valence-corrected chi connectivity index (χ0v) is 19.9. The van der Waals surface area contributed by atoms with Gasteiger partial charge in [-0.1, -0.05) is 59.4 Å². The second-order valence-electron chi connectivity index (χ2n) is 8.03. The van der Waals surface area contributed by atoms with Gasteiger partial charge in [-0.15, -0.1) is 0 Å². The van der Waals surface area contributed by atoms with Gasteiger partial charge in [0.15, 0.2) is 5.13 Å². The Hall–Kier alpha value is -3.53. The van der Waals surface area contributed by atoms with Crippen molar-refractivity contribution in [3.63, 3.8) is 0 Å². The second kappa shape index (κ2) is 9.02. The lowest BCUT2D eigenvalue weighted by Crippen LogP contribution is -2.45. The first-order valence-corrected chi connectivity index (χ1v) is 13.0. The van der Waals surface area contributed by atoms with Crippen LogP contribution in [-0.4, -0.2) is 30.3 Å². The van der Waals surface area contributed by atoms with Crippen molar-refractivity contribution < 1.29 is 13.2 Å². The van der Waals surface area contributed by atoms with Crippen molar-refractivity contribution in [3.05, 3.63) is 90.1 Å². The molecule has 1 amide bonds. The molecule has 0 fully saturated rings. The van der Waals surface area contributed by atoms with Gasteiger partial charge in [0.05, 0.1) is 15.1 Å². The van der Waals surface area contributed by atoms with Crippen molar-refractivity contribution in [2.45, 2.75) is 24.3 Å². The van der Waals surface area contributed by atoms with E-state index in [4.69, 9.17) is 0 Å². The van der Waals surface area contributed by atoms with Crippen LogP contribution in [0.25, 0.3) is 21.1 Å². The van der Waals surface area contributed by atoms with Crippen LogP contribution in [0.4, 0.5) is 5.13 Å². The number of para-hydroxylation sites is 2. The number of thiazole rings is 1. The standard InChI is InChI=1S/C25H22N4O3S2/c1-16-10-12-18(13-11-16)34(31,32)29-22(14-17-15-26-20-7-3-2-6-19(17)20)24(30)28-25-27-21-8-4-5-9-23(21)33-25/h2-13,15,22,26,29H,14H2,1H3,(H,27,28,30). The van der Waals surface area contributed by atoms with Crippen LogP contribution in [0.5, 0.6) is 0 Å². The van der Waals surface area contributed by atoms with Gasteiger partial charge < -0.3 is 10.3 Å². The van der Waals surface area contributed by atoms with Crippen LogP contribution in [0.15, 0.2) is 83.9 Å². The molecule has 1 unspecified atom stereocenters. The number of rotatable bonds is 7. The van der Waals surface area contributed by atoms with Crippen molar-refractivity contribution in [2.24, 2.45) is 0 Å². The third-order valence-electron chi connectivity index (χ3n) is 5.57. The first-order chi connectivity index (χ1) is 16.4. The monoisotopic (exact) mass is 490 g/mol. The van der Waals surface area contributed by atoms with Crippen LogP contribution in [0.3, 0.4) is 0 Å². The van der Waals surface area contributed by atoms with E-state index in [-0.39, 0.29) is 11.3 Å². The normalized spacial score (nSPS) is 12.7. The van der Waals surface area contributed by atoms with E-state index in [0.717, 1.165) is 32.2 Å². The van der Waals surface area contributed by atoms with Gasteiger partial charge in [-0.3, -0.25) is 4.79 Å². The number of anilines is 1.